The van der Waals surface area contributed by atoms with E-state index >= 15 is 0 Å². The van der Waals surface area contributed by atoms with Crippen LogP contribution in [0, 0.1) is 6.92 Å². The van der Waals surface area contributed by atoms with Gasteiger partial charge in [-0.25, -0.2) is 9.78 Å². The molecule has 1 aromatic carbocycles. The zero-order chi connectivity index (χ0) is 16.6. The highest BCUT2D eigenvalue weighted by atomic mass is 16.5. The van der Waals surface area contributed by atoms with Crippen LogP contribution in [-0.2, 0) is 11.8 Å². The minimum atomic E-state index is -0.406. The molecule has 0 atom stereocenters. The summed E-state index contributed by atoms with van der Waals surface area (Å²) < 4.78 is 11.6. The summed E-state index contributed by atoms with van der Waals surface area (Å²) in [5.74, 6) is 0.159. The molecule has 6 heteroatoms. The van der Waals surface area contributed by atoms with Gasteiger partial charge in [0, 0.05) is 35.3 Å². The predicted molar refractivity (Wildman–Crippen MR) is 86.6 cm³/mol. The number of methoxy groups -OCH3 is 2. The maximum atomic E-state index is 12.0. The van der Waals surface area contributed by atoms with Crippen molar-refractivity contribution in [2.45, 2.75) is 6.92 Å². The Morgan fingerprint density at radius 2 is 1.91 bits per heavy atom. The molecule has 118 valence electrons. The van der Waals surface area contributed by atoms with Crippen molar-refractivity contribution in [3.63, 3.8) is 0 Å². The van der Waals surface area contributed by atoms with Crippen molar-refractivity contribution < 1.29 is 14.3 Å². The molecule has 2 heterocycles. The summed E-state index contributed by atoms with van der Waals surface area (Å²) in [4.78, 5) is 16.4. The third-order valence-corrected chi connectivity index (χ3v) is 3.80. The summed E-state index contributed by atoms with van der Waals surface area (Å²) in [7, 11) is 4.68. The van der Waals surface area contributed by atoms with Gasteiger partial charge in [0.2, 0.25) is 5.88 Å². The van der Waals surface area contributed by atoms with Gasteiger partial charge in [0.25, 0.3) is 0 Å². The van der Waals surface area contributed by atoms with Crippen molar-refractivity contribution in [3.8, 4) is 17.0 Å². The number of esters is 1. The largest absolute Gasteiger partial charge is 0.481 e. The molecule has 0 bridgehead atoms. The minimum Gasteiger partial charge on any atom is -0.481 e. The molecule has 0 spiro atoms. The van der Waals surface area contributed by atoms with Gasteiger partial charge in [-0.05, 0) is 13.0 Å². The molecule has 3 rings (SSSR count). The molecule has 0 unspecified atom stereocenters. The summed E-state index contributed by atoms with van der Waals surface area (Å²) >= 11 is 0. The number of aromatic nitrogens is 3. The van der Waals surface area contributed by atoms with Crippen LogP contribution in [0.15, 0.2) is 30.3 Å². The Balaban J connectivity index is 2.26. The fourth-order valence-corrected chi connectivity index (χ4v) is 2.71. The number of aryl methyl sites for hydroxylation is 2. The highest BCUT2D eigenvalue weighted by Gasteiger charge is 2.20. The van der Waals surface area contributed by atoms with Crippen LogP contribution in [0.4, 0.5) is 0 Å². The fraction of sp³-hybridized carbons (Fsp3) is 0.235. The lowest BCUT2D eigenvalue weighted by Crippen LogP contribution is -2.08. The summed E-state index contributed by atoms with van der Waals surface area (Å²) in [6.07, 6.45) is 0. The predicted octanol–water partition coefficient (Wildman–Crippen LogP) is 2.74. The van der Waals surface area contributed by atoms with E-state index in [4.69, 9.17) is 9.47 Å². The van der Waals surface area contributed by atoms with E-state index in [9.17, 15) is 4.79 Å². The number of nitrogens with zero attached hydrogens (tertiary/aromatic N) is 3. The Morgan fingerprint density at radius 1 is 1.13 bits per heavy atom. The number of fused-ring (bicyclic) bond motifs is 1. The van der Waals surface area contributed by atoms with Crippen LogP contribution < -0.4 is 4.74 Å². The maximum Gasteiger partial charge on any atom is 0.356 e. The van der Waals surface area contributed by atoms with Crippen LogP contribution in [0.5, 0.6) is 5.88 Å². The van der Waals surface area contributed by atoms with Crippen molar-refractivity contribution in [2.75, 3.05) is 14.2 Å². The molecule has 0 aliphatic heterocycles. The molecule has 6 nitrogen and oxygen atoms in total. The van der Waals surface area contributed by atoms with Gasteiger partial charge < -0.3 is 9.47 Å². The number of hydrogen-bond acceptors (Lipinski definition) is 5. The number of carbonyl (C=O) groups is 1. The Hall–Kier alpha value is -2.89. The highest BCUT2D eigenvalue weighted by molar-refractivity contribution is 6.06. The number of hydrogen-bond donors (Lipinski definition) is 0. The van der Waals surface area contributed by atoms with E-state index in [1.54, 1.807) is 18.8 Å². The van der Waals surface area contributed by atoms with Gasteiger partial charge in [0.1, 0.15) is 5.52 Å². The van der Waals surface area contributed by atoms with E-state index in [1.165, 1.54) is 7.11 Å². The van der Waals surface area contributed by atoms with Gasteiger partial charge in [-0.1, -0.05) is 18.2 Å². The zero-order valence-electron chi connectivity index (χ0n) is 13.5. The summed E-state index contributed by atoms with van der Waals surface area (Å²) in [5, 5.41) is 5.26. The van der Waals surface area contributed by atoms with Crippen LogP contribution >= 0.6 is 0 Å². The summed E-state index contributed by atoms with van der Waals surface area (Å²) in [6.45, 7) is 1.92. The number of benzene rings is 1. The monoisotopic (exact) mass is 311 g/mol. The first kappa shape index (κ1) is 15.0. The SMILES string of the molecule is COC(=O)c1c2cccc(-c3ccc(OC)nc3C)c2nn1C. The molecular weight excluding hydrogens is 294 g/mol. The second-order valence-corrected chi connectivity index (χ2v) is 5.15. The van der Waals surface area contributed by atoms with E-state index in [1.807, 2.05) is 37.3 Å². The first-order chi connectivity index (χ1) is 11.1. The van der Waals surface area contributed by atoms with Crippen LogP contribution in [0.1, 0.15) is 16.2 Å². The van der Waals surface area contributed by atoms with E-state index < -0.39 is 5.97 Å². The highest BCUT2D eigenvalue weighted by Crippen LogP contribution is 2.32. The average Bonchev–Trinajstić information content (AvgIpc) is 2.90. The average molecular weight is 311 g/mol. The van der Waals surface area contributed by atoms with Gasteiger partial charge in [0.15, 0.2) is 5.69 Å². The van der Waals surface area contributed by atoms with Crippen molar-refractivity contribution in [1.82, 2.24) is 14.8 Å². The van der Waals surface area contributed by atoms with Crippen molar-refractivity contribution in [3.05, 3.63) is 41.7 Å². The number of ether oxygens (including phenoxy) is 2. The molecule has 0 aliphatic rings. The molecule has 3 aromatic rings. The second-order valence-electron chi connectivity index (χ2n) is 5.15. The number of pyridine rings is 1. The first-order valence-electron chi connectivity index (χ1n) is 7.13. The Morgan fingerprint density at radius 3 is 2.57 bits per heavy atom. The molecule has 2 aromatic heterocycles. The topological polar surface area (TPSA) is 66.2 Å². The van der Waals surface area contributed by atoms with Gasteiger partial charge in [-0.15, -0.1) is 0 Å². The molecule has 0 amide bonds. The van der Waals surface area contributed by atoms with Crippen LogP contribution in [0.3, 0.4) is 0 Å². The molecule has 0 saturated carbocycles. The third kappa shape index (κ3) is 2.42. The van der Waals surface area contributed by atoms with E-state index in [-0.39, 0.29) is 0 Å². The van der Waals surface area contributed by atoms with Gasteiger partial charge >= 0.3 is 5.97 Å². The molecule has 0 radical (unpaired) electrons. The molecule has 23 heavy (non-hydrogen) atoms. The molecular formula is C17H17N3O3. The Labute approximate surface area is 133 Å². The fourth-order valence-electron chi connectivity index (χ4n) is 2.71. The summed E-state index contributed by atoms with van der Waals surface area (Å²) in [5.41, 5.74) is 3.88. The zero-order valence-corrected chi connectivity index (χ0v) is 13.5. The molecule has 0 N–H and O–H groups in total. The lowest BCUT2D eigenvalue weighted by atomic mass is 10.0. The summed E-state index contributed by atoms with van der Waals surface area (Å²) in [6, 6.07) is 9.49. The number of carbonyl (C=O) groups excluding carboxylic acids is 1. The van der Waals surface area contributed by atoms with Crippen molar-refractivity contribution in [1.29, 1.82) is 0 Å². The lowest BCUT2D eigenvalue weighted by Gasteiger charge is -2.08. The lowest BCUT2D eigenvalue weighted by molar-refractivity contribution is 0.0590. The Bertz CT molecular complexity index is 899. The smallest absolute Gasteiger partial charge is 0.356 e. The van der Waals surface area contributed by atoms with E-state index in [0.29, 0.717) is 11.6 Å². The molecule has 0 fully saturated rings. The van der Waals surface area contributed by atoms with Crippen LogP contribution in [0.25, 0.3) is 22.0 Å². The van der Waals surface area contributed by atoms with Gasteiger partial charge in [-0.2, -0.15) is 5.10 Å². The van der Waals surface area contributed by atoms with E-state index in [0.717, 1.165) is 27.7 Å². The van der Waals surface area contributed by atoms with Crippen molar-refractivity contribution in [2.24, 2.45) is 7.05 Å². The first-order valence-corrected chi connectivity index (χ1v) is 7.13. The number of rotatable bonds is 3. The van der Waals surface area contributed by atoms with Crippen molar-refractivity contribution >= 4 is 16.9 Å². The maximum absolute atomic E-state index is 12.0. The van der Waals surface area contributed by atoms with E-state index in [2.05, 4.69) is 10.1 Å². The van der Waals surface area contributed by atoms with Gasteiger partial charge in [0.05, 0.1) is 14.2 Å². The minimum absolute atomic E-state index is 0.406. The van der Waals surface area contributed by atoms with Gasteiger partial charge in [-0.3, -0.25) is 4.68 Å². The van der Waals surface area contributed by atoms with Crippen LogP contribution in [0.2, 0.25) is 0 Å². The standard InChI is InChI=1S/C17H17N3O3/c1-10-11(8-9-14(18-10)22-3)12-6-5-7-13-15(12)19-20(2)16(13)17(21)23-4/h5-9H,1-4H3. The quantitative estimate of drug-likeness (QED) is 0.696. The third-order valence-electron chi connectivity index (χ3n) is 3.80. The second kappa shape index (κ2) is 5.72. The normalized spacial score (nSPS) is 10.8. The molecule has 0 aliphatic carbocycles. The molecule has 0 saturated heterocycles. The Kier molecular flexibility index (Phi) is 3.73. The van der Waals surface area contributed by atoms with Crippen LogP contribution in [-0.4, -0.2) is 35.0 Å².